The Balaban J connectivity index is 2.54. The van der Waals surface area contributed by atoms with Gasteiger partial charge in [0.05, 0.1) is 0 Å². The molecule has 0 saturated carbocycles. The van der Waals surface area contributed by atoms with Crippen molar-refractivity contribution in [3.63, 3.8) is 0 Å². The van der Waals surface area contributed by atoms with Crippen molar-refractivity contribution in [1.82, 2.24) is 0 Å². The van der Waals surface area contributed by atoms with Gasteiger partial charge in [-0.1, -0.05) is 29.8 Å². The average molecular weight is 206 g/mol. The summed E-state index contributed by atoms with van der Waals surface area (Å²) in [5.74, 6) is 0. The lowest BCUT2D eigenvalue weighted by molar-refractivity contribution is 0.660. The Hall–Kier alpha value is -1.15. The molecule has 0 saturated heterocycles. The molecule has 1 aromatic carbocycles. The molecule has 1 aromatic heterocycles. The van der Waals surface area contributed by atoms with Gasteiger partial charge >= 0.3 is 0 Å². The third-order valence-electron chi connectivity index (χ3n) is 2.14. The fourth-order valence-electron chi connectivity index (χ4n) is 1.50. The smallest absolute Gasteiger partial charge is 0.184 e. The van der Waals surface area contributed by atoms with Crippen LogP contribution in [0.25, 0.3) is 11.1 Å². The number of thiophene rings is 1. The summed E-state index contributed by atoms with van der Waals surface area (Å²) in [5, 5.41) is -0.0897. The monoisotopic (exact) mass is 206 g/mol. The zero-order valence-corrected chi connectivity index (χ0v) is 8.99. The van der Waals surface area contributed by atoms with Crippen LogP contribution >= 0.6 is 11.3 Å². The van der Waals surface area contributed by atoms with Crippen LogP contribution in [0.1, 0.15) is 10.4 Å². The number of halogens is 1. The van der Waals surface area contributed by atoms with Crippen molar-refractivity contribution in [2.24, 2.45) is 0 Å². The molecule has 0 radical (unpaired) electrons. The van der Waals surface area contributed by atoms with Gasteiger partial charge in [-0.25, -0.2) is 0 Å². The molecule has 0 aliphatic carbocycles. The van der Waals surface area contributed by atoms with Gasteiger partial charge < -0.3 is 0 Å². The topological polar surface area (TPSA) is 0 Å². The minimum absolute atomic E-state index is 0.0897. The fourth-order valence-corrected chi connectivity index (χ4v) is 2.24. The summed E-state index contributed by atoms with van der Waals surface area (Å²) >= 11 is 1.20. The van der Waals surface area contributed by atoms with Crippen molar-refractivity contribution < 1.29 is 4.39 Å². The fraction of sp³-hybridized carbons (Fsp3) is 0.167. The molecule has 0 atom stereocenters. The van der Waals surface area contributed by atoms with Gasteiger partial charge in [0.15, 0.2) is 5.13 Å². The van der Waals surface area contributed by atoms with E-state index in [9.17, 15) is 4.39 Å². The quantitative estimate of drug-likeness (QED) is 0.657. The van der Waals surface area contributed by atoms with E-state index >= 15 is 0 Å². The van der Waals surface area contributed by atoms with Crippen LogP contribution in [0.3, 0.4) is 0 Å². The highest BCUT2D eigenvalue weighted by Crippen LogP contribution is 2.29. The second kappa shape index (κ2) is 3.54. The van der Waals surface area contributed by atoms with Crippen LogP contribution < -0.4 is 0 Å². The Morgan fingerprint density at radius 2 is 1.93 bits per heavy atom. The summed E-state index contributed by atoms with van der Waals surface area (Å²) in [6.07, 6.45) is 0. The third kappa shape index (κ3) is 1.70. The van der Waals surface area contributed by atoms with Crippen LogP contribution in [-0.4, -0.2) is 0 Å². The van der Waals surface area contributed by atoms with Crippen molar-refractivity contribution in [3.05, 3.63) is 45.9 Å². The molecule has 0 bridgehead atoms. The summed E-state index contributed by atoms with van der Waals surface area (Å²) in [6.45, 7) is 3.94. The summed E-state index contributed by atoms with van der Waals surface area (Å²) in [7, 11) is 0. The maximum Gasteiger partial charge on any atom is 0.184 e. The van der Waals surface area contributed by atoms with Gasteiger partial charge in [0.25, 0.3) is 0 Å². The van der Waals surface area contributed by atoms with Gasteiger partial charge in [-0.3, -0.25) is 0 Å². The molecular formula is C12H11FS. The Labute approximate surface area is 87.0 Å². The predicted octanol–water partition coefficient (Wildman–Crippen LogP) is 4.17. The average Bonchev–Trinajstić information content (AvgIpc) is 2.45. The standard InChI is InChI=1S/C12H11FS/c1-8-4-3-5-10(6-8)11-7-9(2)14-12(11)13/h3-7H,1-2H3. The van der Waals surface area contributed by atoms with E-state index in [1.807, 2.05) is 44.2 Å². The van der Waals surface area contributed by atoms with Crippen LogP contribution in [0.5, 0.6) is 0 Å². The van der Waals surface area contributed by atoms with Gasteiger partial charge in [0.2, 0.25) is 0 Å². The molecule has 1 heterocycles. The summed E-state index contributed by atoms with van der Waals surface area (Å²) in [6, 6.07) is 9.81. The highest BCUT2D eigenvalue weighted by Gasteiger charge is 2.08. The van der Waals surface area contributed by atoms with Gasteiger partial charge in [0.1, 0.15) is 0 Å². The Kier molecular flexibility index (Phi) is 2.38. The van der Waals surface area contributed by atoms with E-state index in [1.54, 1.807) is 0 Å². The van der Waals surface area contributed by atoms with E-state index in [4.69, 9.17) is 0 Å². The maximum absolute atomic E-state index is 13.4. The highest BCUT2D eigenvalue weighted by molar-refractivity contribution is 7.10. The summed E-state index contributed by atoms with van der Waals surface area (Å²) in [5.41, 5.74) is 2.84. The van der Waals surface area contributed by atoms with E-state index < -0.39 is 0 Å². The van der Waals surface area contributed by atoms with Crippen LogP contribution in [0.2, 0.25) is 0 Å². The van der Waals surface area contributed by atoms with Crippen LogP contribution in [-0.2, 0) is 0 Å². The molecular weight excluding hydrogens is 195 g/mol. The van der Waals surface area contributed by atoms with Crippen molar-refractivity contribution in [3.8, 4) is 11.1 Å². The molecule has 2 aromatic rings. The first-order valence-corrected chi connectivity index (χ1v) is 5.31. The molecule has 0 N–H and O–H groups in total. The normalized spacial score (nSPS) is 10.5. The minimum Gasteiger partial charge on any atom is -0.194 e. The molecule has 0 amide bonds. The molecule has 0 spiro atoms. The molecule has 0 aliphatic heterocycles. The maximum atomic E-state index is 13.4. The molecule has 72 valence electrons. The minimum atomic E-state index is -0.0897. The lowest BCUT2D eigenvalue weighted by Crippen LogP contribution is -1.78. The first kappa shape index (κ1) is 9.41. The number of hydrogen-bond acceptors (Lipinski definition) is 1. The van der Waals surface area contributed by atoms with Crippen molar-refractivity contribution in [1.29, 1.82) is 0 Å². The largest absolute Gasteiger partial charge is 0.194 e. The Bertz CT molecular complexity index is 457. The zero-order valence-electron chi connectivity index (χ0n) is 8.17. The SMILES string of the molecule is Cc1cccc(-c2cc(C)sc2F)c1. The summed E-state index contributed by atoms with van der Waals surface area (Å²) < 4.78 is 13.4. The van der Waals surface area contributed by atoms with E-state index in [0.717, 1.165) is 21.6 Å². The molecule has 14 heavy (non-hydrogen) atoms. The Morgan fingerprint density at radius 3 is 2.50 bits per heavy atom. The summed E-state index contributed by atoms with van der Waals surface area (Å²) in [4.78, 5) is 1.01. The number of benzene rings is 1. The van der Waals surface area contributed by atoms with E-state index in [0.29, 0.717) is 0 Å². The second-order valence-electron chi connectivity index (χ2n) is 3.41. The van der Waals surface area contributed by atoms with Crippen molar-refractivity contribution >= 4 is 11.3 Å². The molecule has 0 unspecified atom stereocenters. The second-order valence-corrected chi connectivity index (χ2v) is 4.62. The predicted molar refractivity (Wildman–Crippen MR) is 59.2 cm³/mol. The first-order valence-electron chi connectivity index (χ1n) is 4.50. The van der Waals surface area contributed by atoms with Gasteiger partial charge in [-0.05, 0) is 25.5 Å². The lowest BCUT2D eigenvalue weighted by atomic mass is 10.1. The van der Waals surface area contributed by atoms with Gasteiger partial charge in [-0.15, -0.1) is 11.3 Å². The number of rotatable bonds is 1. The lowest BCUT2D eigenvalue weighted by Gasteiger charge is -1.99. The molecule has 0 nitrogen and oxygen atoms in total. The van der Waals surface area contributed by atoms with Crippen LogP contribution in [0, 0.1) is 19.0 Å². The van der Waals surface area contributed by atoms with E-state index in [1.165, 1.54) is 11.3 Å². The van der Waals surface area contributed by atoms with Crippen molar-refractivity contribution in [2.75, 3.05) is 0 Å². The van der Waals surface area contributed by atoms with Crippen molar-refractivity contribution in [2.45, 2.75) is 13.8 Å². The van der Waals surface area contributed by atoms with E-state index in [2.05, 4.69) is 0 Å². The van der Waals surface area contributed by atoms with Crippen LogP contribution in [0.4, 0.5) is 4.39 Å². The van der Waals surface area contributed by atoms with Gasteiger partial charge in [-0.2, -0.15) is 4.39 Å². The van der Waals surface area contributed by atoms with E-state index in [-0.39, 0.29) is 5.13 Å². The number of aryl methyl sites for hydroxylation is 2. The molecule has 0 fully saturated rings. The third-order valence-corrected chi connectivity index (χ3v) is 2.98. The van der Waals surface area contributed by atoms with Gasteiger partial charge in [0, 0.05) is 10.4 Å². The Morgan fingerprint density at radius 1 is 1.14 bits per heavy atom. The zero-order chi connectivity index (χ0) is 10.1. The number of hydrogen-bond donors (Lipinski definition) is 0. The molecule has 2 rings (SSSR count). The first-order chi connectivity index (χ1) is 6.66. The van der Waals surface area contributed by atoms with Crippen LogP contribution in [0.15, 0.2) is 30.3 Å². The molecule has 0 aliphatic rings. The highest BCUT2D eigenvalue weighted by atomic mass is 32.1. The molecule has 2 heteroatoms.